The molecule has 1 aliphatic rings. The van der Waals surface area contributed by atoms with Crippen LogP contribution in [0.25, 0.3) is 0 Å². The lowest BCUT2D eigenvalue weighted by molar-refractivity contribution is 0.183. The number of urea groups is 1. The molecule has 1 aromatic carbocycles. The Bertz CT molecular complexity index is 675. The van der Waals surface area contributed by atoms with Crippen LogP contribution in [0.3, 0.4) is 0 Å². The molecule has 5 heteroatoms. The minimum atomic E-state index is -0.0192. The highest BCUT2D eigenvalue weighted by atomic mass is 16.5. The van der Waals surface area contributed by atoms with Gasteiger partial charge in [0.2, 0.25) is 5.88 Å². The number of hydrogen-bond donors (Lipinski definition) is 1. The second kappa shape index (κ2) is 7.81. The van der Waals surface area contributed by atoms with Crippen molar-refractivity contribution in [2.75, 3.05) is 19.6 Å². The Morgan fingerprint density at radius 1 is 1.25 bits per heavy atom. The molecule has 1 saturated heterocycles. The zero-order valence-electron chi connectivity index (χ0n) is 13.9. The van der Waals surface area contributed by atoms with Crippen molar-refractivity contribution in [1.82, 2.24) is 15.2 Å². The molecule has 1 N–H and O–H groups in total. The summed E-state index contributed by atoms with van der Waals surface area (Å²) in [7, 11) is 0. The van der Waals surface area contributed by atoms with Gasteiger partial charge in [0.1, 0.15) is 6.10 Å². The maximum Gasteiger partial charge on any atom is 0.317 e. The van der Waals surface area contributed by atoms with Crippen LogP contribution in [0.1, 0.15) is 17.7 Å². The number of amides is 2. The number of ether oxygens (including phenoxy) is 1. The first-order valence-electron chi connectivity index (χ1n) is 8.38. The van der Waals surface area contributed by atoms with E-state index in [1.807, 2.05) is 48.2 Å². The summed E-state index contributed by atoms with van der Waals surface area (Å²) in [6, 6.07) is 15.9. The van der Waals surface area contributed by atoms with E-state index in [0.29, 0.717) is 25.5 Å². The highest BCUT2D eigenvalue weighted by molar-refractivity contribution is 5.74. The number of aryl methyl sites for hydroxylation is 1. The lowest BCUT2D eigenvalue weighted by Gasteiger charge is -2.17. The number of carbonyl (C=O) groups is 1. The molecule has 0 saturated carbocycles. The monoisotopic (exact) mass is 325 g/mol. The van der Waals surface area contributed by atoms with Gasteiger partial charge in [0.15, 0.2) is 0 Å². The van der Waals surface area contributed by atoms with Crippen molar-refractivity contribution < 1.29 is 9.53 Å². The number of nitrogens with zero attached hydrogens (tertiary/aromatic N) is 2. The molecule has 2 amide bonds. The van der Waals surface area contributed by atoms with Crippen LogP contribution in [-0.2, 0) is 6.42 Å². The molecule has 24 heavy (non-hydrogen) atoms. The largest absolute Gasteiger partial charge is 0.472 e. The Morgan fingerprint density at radius 2 is 2.08 bits per heavy atom. The molecule has 5 nitrogen and oxygen atoms in total. The van der Waals surface area contributed by atoms with Crippen LogP contribution in [0, 0.1) is 6.92 Å². The molecule has 1 atom stereocenters. The number of benzene rings is 1. The van der Waals surface area contributed by atoms with E-state index in [0.717, 1.165) is 18.5 Å². The quantitative estimate of drug-likeness (QED) is 0.920. The molecule has 2 aromatic rings. The van der Waals surface area contributed by atoms with Gasteiger partial charge in [-0.15, -0.1) is 0 Å². The summed E-state index contributed by atoms with van der Waals surface area (Å²) in [6.07, 6.45) is 1.69. The number of pyridine rings is 1. The average molecular weight is 325 g/mol. The van der Waals surface area contributed by atoms with Gasteiger partial charge in [-0.1, -0.05) is 36.4 Å². The van der Waals surface area contributed by atoms with Gasteiger partial charge in [0.25, 0.3) is 0 Å². The molecule has 0 spiro atoms. The van der Waals surface area contributed by atoms with Crippen molar-refractivity contribution >= 4 is 6.03 Å². The Balaban J connectivity index is 1.42. The zero-order valence-corrected chi connectivity index (χ0v) is 13.9. The standard InChI is InChI=1S/C19H23N3O2/c1-15-6-5-9-18(21-15)24-17-11-13-22(14-17)19(23)20-12-10-16-7-3-2-4-8-16/h2-9,17H,10-14H2,1H3,(H,20,23)/t17-/m0/s1. The molecular weight excluding hydrogens is 302 g/mol. The lowest BCUT2D eigenvalue weighted by Crippen LogP contribution is -2.40. The van der Waals surface area contributed by atoms with Gasteiger partial charge in [-0.2, -0.15) is 0 Å². The lowest BCUT2D eigenvalue weighted by atomic mass is 10.1. The summed E-state index contributed by atoms with van der Waals surface area (Å²) in [5.41, 5.74) is 2.16. The number of carbonyl (C=O) groups excluding carboxylic acids is 1. The maximum atomic E-state index is 12.2. The average Bonchev–Trinajstić information content (AvgIpc) is 3.04. The van der Waals surface area contributed by atoms with Crippen molar-refractivity contribution in [1.29, 1.82) is 0 Å². The minimum Gasteiger partial charge on any atom is -0.472 e. The molecular formula is C19H23N3O2. The third kappa shape index (κ3) is 4.47. The topological polar surface area (TPSA) is 54.5 Å². The predicted octanol–water partition coefficient (Wildman–Crippen LogP) is 2.80. The maximum absolute atomic E-state index is 12.2. The zero-order chi connectivity index (χ0) is 16.8. The summed E-state index contributed by atoms with van der Waals surface area (Å²) in [6.45, 7) is 3.90. The smallest absolute Gasteiger partial charge is 0.317 e. The number of nitrogens with one attached hydrogen (secondary N) is 1. The molecule has 1 aliphatic heterocycles. The Hall–Kier alpha value is -2.56. The Morgan fingerprint density at radius 3 is 2.88 bits per heavy atom. The van der Waals surface area contributed by atoms with Crippen molar-refractivity contribution in [3.63, 3.8) is 0 Å². The normalized spacial score (nSPS) is 16.9. The first-order valence-corrected chi connectivity index (χ1v) is 8.38. The summed E-state index contributed by atoms with van der Waals surface area (Å²) in [5, 5.41) is 2.98. The first kappa shape index (κ1) is 16.3. The van der Waals surface area contributed by atoms with E-state index in [9.17, 15) is 4.79 Å². The number of likely N-dealkylation sites (tertiary alicyclic amines) is 1. The molecule has 1 fully saturated rings. The fraction of sp³-hybridized carbons (Fsp3) is 0.368. The Kier molecular flexibility index (Phi) is 5.31. The van der Waals surface area contributed by atoms with Gasteiger partial charge in [-0.25, -0.2) is 9.78 Å². The van der Waals surface area contributed by atoms with Gasteiger partial charge in [0, 0.05) is 31.3 Å². The first-order chi connectivity index (χ1) is 11.7. The van der Waals surface area contributed by atoms with E-state index in [-0.39, 0.29) is 12.1 Å². The molecule has 0 unspecified atom stereocenters. The van der Waals surface area contributed by atoms with E-state index in [2.05, 4.69) is 22.4 Å². The number of aromatic nitrogens is 1. The van der Waals surface area contributed by atoms with Crippen LogP contribution in [0.15, 0.2) is 48.5 Å². The third-order valence-corrected chi connectivity index (χ3v) is 4.12. The van der Waals surface area contributed by atoms with Crippen LogP contribution in [0.4, 0.5) is 4.79 Å². The van der Waals surface area contributed by atoms with E-state index < -0.39 is 0 Å². The van der Waals surface area contributed by atoms with Crippen LogP contribution >= 0.6 is 0 Å². The number of rotatable bonds is 5. The van der Waals surface area contributed by atoms with Gasteiger partial charge in [-0.3, -0.25) is 0 Å². The summed E-state index contributed by atoms with van der Waals surface area (Å²) >= 11 is 0. The molecule has 2 heterocycles. The molecule has 126 valence electrons. The third-order valence-electron chi connectivity index (χ3n) is 4.12. The van der Waals surface area contributed by atoms with Gasteiger partial charge in [-0.05, 0) is 25.0 Å². The van der Waals surface area contributed by atoms with Crippen molar-refractivity contribution in [3.8, 4) is 5.88 Å². The van der Waals surface area contributed by atoms with Gasteiger partial charge >= 0.3 is 6.03 Å². The summed E-state index contributed by atoms with van der Waals surface area (Å²) < 4.78 is 5.88. The van der Waals surface area contributed by atoms with Crippen molar-refractivity contribution in [2.24, 2.45) is 0 Å². The highest BCUT2D eigenvalue weighted by Crippen LogP contribution is 2.16. The fourth-order valence-corrected chi connectivity index (χ4v) is 2.83. The molecule has 1 aromatic heterocycles. The van der Waals surface area contributed by atoms with Gasteiger partial charge < -0.3 is 15.0 Å². The van der Waals surface area contributed by atoms with Crippen LogP contribution in [0.5, 0.6) is 5.88 Å². The van der Waals surface area contributed by atoms with E-state index in [4.69, 9.17) is 4.74 Å². The molecule has 3 rings (SSSR count). The van der Waals surface area contributed by atoms with Crippen molar-refractivity contribution in [2.45, 2.75) is 25.9 Å². The summed E-state index contributed by atoms with van der Waals surface area (Å²) in [4.78, 5) is 18.4. The molecule has 0 bridgehead atoms. The van der Waals surface area contributed by atoms with Crippen LogP contribution in [-0.4, -0.2) is 41.7 Å². The van der Waals surface area contributed by atoms with E-state index in [1.165, 1.54) is 5.56 Å². The second-order valence-electron chi connectivity index (χ2n) is 6.06. The second-order valence-corrected chi connectivity index (χ2v) is 6.06. The Labute approximate surface area is 142 Å². The van der Waals surface area contributed by atoms with Crippen LogP contribution in [0.2, 0.25) is 0 Å². The SMILES string of the molecule is Cc1cccc(O[C@H]2CCN(C(=O)NCCc3ccccc3)C2)n1. The highest BCUT2D eigenvalue weighted by Gasteiger charge is 2.27. The fourth-order valence-electron chi connectivity index (χ4n) is 2.83. The van der Waals surface area contributed by atoms with Crippen molar-refractivity contribution in [3.05, 3.63) is 59.8 Å². The minimum absolute atomic E-state index is 0.0131. The predicted molar refractivity (Wildman–Crippen MR) is 93.1 cm³/mol. The van der Waals surface area contributed by atoms with Gasteiger partial charge in [0.05, 0.1) is 6.54 Å². The summed E-state index contributed by atoms with van der Waals surface area (Å²) in [5.74, 6) is 0.631. The van der Waals surface area contributed by atoms with E-state index >= 15 is 0 Å². The van der Waals surface area contributed by atoms with E-state index in [1.54, 1.807) is 0 Å². The number of hydrogen-bond acceptors (Lipinski definition) is 3. The van der Waals surface area contributed by atoms with Crippen LogP contribution < -0.4 is 10.1 Å². The molecule has 0 radical (unpaired) electrons. The molecule has 0 aliphatic carbocycles.